The second-order valence-corrected chi connectivity index (χ2v) is 11.5. The van der Waals surface area contributed by atoms with E-state index in [4.69, 9.17) is 9.47 Å². The second kappa shape index (κ2) is 8.99. The van der Waals surface area contributed by atoms with E-state index in [2.05, 4.69) is 0 Å². The van der Waals surface area contributed by atoms with Gasteiger partial charge < -0.3 is 9.47 Å². The summed E-state index contributed by atoms with van der Waals surface area (Å²) in [7, 11) is -4.70. The molecule has 2 aromatic carbocycles. The average Bonchev–Trinajstić information content (AvgIpc) is 2.83. The maximum Gasteiger partial charge on any atom is 0.282 e. The first kappa shape index (κ1) is 23.0. The smallest absolute Gasteiger partial charge is 0.282 e. The van der Waals surface area contributed by atoms with Gasteiger partial charge in [0.2, 0.25) is 10.0 Å². The summed E-state index contributed by atoms with van der Waals surface area (Å²) >= 11 is 0. The van der Waals surface area contributed by atoms with Gasteiger partial charge in [-0.3, -0.25) is 0 Å². The lowest BCUT2D eigenvalue weighted by molar-refractivity contribution is 0.250. The third-order valence-electron chi connectivity index (χ3n) is 5.93. The third kappa shape index (κ3) is 4.23. The van der Waals surface area contributed by atoms with Crippen LogP contribution in [0.3, 0.4) is 0 Å². The number of rotatable bonds is 6. The molecule has 11 heteroatoms. The zero-order chi connectivity index (χ0) is 22.9. The van der Waals surface area contributed by atoms with Crippen LogP contribution in [0.4, 0.5) is 0 Å². The lowest BCUT2D eigenvalue weighted by atomic mass is 10.0. The zero-order valence-corrected chi connectivity index (χ0v) is 19.7. The van der Waals surface area contributed by atoms with Crippen LogP contribution in [-0.2, 0) is 33.2 Å². The number of nitrogens with zero attached hydrogens (tertiary/aromatic N) is 3. The SMILES string of the molecule is COc1ccc(OC)c(S(=O)(=O)N2CCN(S(=O)(=O)N3CCc4ccccc4C3)CC2)c1. The number of benzene rings is 2. The van der Waals surface area contributed by atoms with Gasteiger partial charge in [0, 0.05) is 45.3 Å². The van der Waals surface area contributed by atoms with Crippen LogP contribution < -0.4 is 9.47 Å². The molecule has 2 aromatic rings. The molecule has 0 radical (unpaired) electrons. The number of fused-ring (bicyclic) bond motifs is 1. The van der Waals surface area contributed by atoms with Crippen LogP contribution in [0, 0.1) is 0 Å². The van der Waals surface area contributed by atoms with Crippen LogP contribution in [0.2, 0.25) is 0 Å². The van der Waals surface area contributed by atoms with Gasteiger partial charge in [0.25, 0.3) is 10.2 Å². The van der Waals surface area contributed by atoms with Crippen molar-refractivity contribution in [3.05, 3.63) is 53.6 Å². The Morgan fingerprint density at radius 2 is 1.41 bits per heavy atom. The largest absolute Gasteiger partial charge is 0.497 e. The minimum atomic E-state index is -3.88. The van der Waals surface area contributed by atoms with Crippen molar-refractivity contribution in [3.8, 4) is 11.5 Å². The molecule has 0 bridgehead atoms. The number of sulfonamides is 1. The summed E-state index contributed by atoms with van der Waals surface area (Å²) in [6, 6.07) is 12.4. The van der Waals surface area contributed by atoms with Gasteiger partial charge in [0.05, 0.1) is 14.2 Å². The maximum atomic E-state index is 13.2. The summed E-state index contributed by atoms with van der Waals surface area (Å²) in [5.41, 5.74) is 2.18. The molecule has 0 saturated carbocycles. The van der Waals surface area contributed by atoms with Crippen LogP contribution in [0.25, 0.3) is 0 Å². The first-order chi connectivity index (χ1) is 15.3. The molecule has 2 heterocycles. The van der Waals surface area contributed by atoms with Gasteiger partial charge >= 0.3 is 0 Å². The highest BCUT2D eigenvalue weighted by Gasteiger charge is 2.38. The van der Waals surface area contributed by atoms with Gasteiger partial charge in [-0.05, 0) is 29.7 Å². The van der Waals surface area contributed by atoms with Crippen molar-refractivity contribution in [3.63, 3.8) is 0 Å². The first-order valence-corrected chi connectivity index (χ1v) is 13.2. The van der Waals surface area contributed by atoms with Crippen molar-refractivity contribution < 1.29 is 26.3 Å². The monoisotopic (exact) mass is 481 g/mol. The van der Waals surface area contributed by atoms with Gasteiger partial charge in [0.15, 0.2) is 0 Å². The third-order valence-corrected chi connectivity index (χ3v) is 9.84. The Morgan fingerprint density at radius 3 is 2.06 bits per heavy atom. The maximum absolute atomic E-state index is 13.2. The van der Waals surface area contributed by atoms with E-state index in [0.29, 0.717) is 25.3 Å². The van der Waals surface area contributed by atoms with Gasteiger partial charge in [0.1, 0.15) is 16.4 Å². The Bertz CT molecular complexity index is 1190. The molecule has 0 aromatic heterocycles. The van der Waals surface area contributed by atoms with Crippen LogP contribution in [-0.4, -0.2) is 76.7 Å². The van der Waals surface area contributed by atoms with Crippen LogP contribution in [0.1, 0.15) is 11.1 Å². The van der Waals surface area contributed by atoms with Crippen LogP contribution in [0.15, 0.2) is 47.4 Å². The standard InChI is InChI=1S/C21H27N3O6S2/c1-29-19-7-8-20(30-2)21(15-19)31(25,26)22-11-13-23(14-12-22)32(27,28)24-10-9-17-5-3-4-6-18(17)16-24/h3-8,15H,9-14,16H2,1-2H3. The Hall–Kier alpha value is -2.18. The second-order valence-electron chi connectivity index (χ2n) is 7.68. The van der Waals surface area contributed by atoms with Crippen LogP contribution in [0.5, 0.6) is 11.5 Å². The summed E-state index contributed by atoms with van der Waals surface area (Å²) < 4.78 is 67.4. The molecule has 1 saturated heterocycles. The van der Waals surface area contributed by atoms with Crippen molar-refractivity contribution in [2.75, 3.05) is 46.9 Å². The summed E-state index contributed by atoms with van der Waals surface area (Å²) in [6.45, 7) is 1.05. The normalized spacial score (nSPS) is 18.8. The molecular formula is C21H27N3O6S2. The number of hydrogen-bond donors (Lipinski definition) is 0. The summed E-state index contributed by atoms with van der Waals surface area (Å²) in [5.74, 6) is 0.615. The molecule has 4 rings (SSSR count). The highest BCUT2D eigenvalue weighted by Crippen LogP contribution is 2.31. The molecule has 9 nitrogen and oxygen atoms in total. The van der Waals surface area contributed by atoms with Crippen LogP contribution >= 0.6 is 0 Å². The van der Waals surface area contributed by atoms with Gasteiger partial charge in [-0.25, -0.2) is 8.42 Å². The predicted molar refractivity (Wildman–Crippen MR) is 119 cm³/mol. The Labute approximate surface area is 189 Å². The lowest BCUT2D eigenvalue weighted by Gasteiger charge is -2.37. The first-order valence-electron chi connectivity index (χ1n) is 10.3. The predicted octanol–water partition coefficient (Wildman–Crippen LogP) is 1.31. The Kier molecular flexibility index (Phi) is 6.46. The molecule has 0 atom stereocenters. The van der Waals surface area contributed by atoms with E-state index in [-0.39, 0.29) is 36.8 Å². The number of piperazine rings is 1. The van der Waals surface area contributed by atoms with Crippen molar-refractivity contribution in [2.45, 2.75) is 17.9 Å². The molecule has 0 aliphatic carbocycles. The minimum Gasteiger partial charge on any atom is -0.497 e. The molecule has 174 valence electrons. The molecule has 0 N–H and O–H groups in total. The lowest BCUT2D eigenvalue weighted by Crippen LogP contribution is -2.54. The topological polar surface area (TPSA) is 96.5 Å². The van der Waals surface area contributed by atoms with Gasteiger partial charge in [-0.2, -0.15) is 21.3 Å². The van der Waals surface area contributed by atoms with E-state index in [0.717, 1.165) is 5.56 Å². The van der Waals surface area contributed by atoms with E-state index < -0.39 is 20.2 Å². The van der Waals surface area contributed by atoms with E-state index in [9.17, 15) is 16.8 Å². The van der Waals surface area contributed by atoms with Crippen molar-refractivity contribution in [1.82, 2.24) is 12.9 Å². The number of hydrogen-bond acceptors (Lipinski definition) is 6. The van der Waals surface area contributed by atoms with Crippen molar-refractivity contribution in [2.24, 2.45) is 0 Å². The fourth-order valence-electron chi connectivity index (χ4n) is 4.10. The molecule has 32 heavy (non-hydrogen) atoms. The van der Waals surface area contributed by atoms with Crippen molar-refractivity contribution >= 4 is 20.2 Å². The summed E-state index contributed by atoms with van der Waals surface area (Å²) in [6.07, 6.45) is 0.666. The molecule has 0 unspecified atom stereocenters. The van der Waals surface area contributed by atoms with Gasteiger partial charge in [-0.15, -0.1) is 0 Å². The Morgan fingerprint density at radius 1 is 0.750 bits per heavy atom. The number of methoxy groups -OCH3 is 2. The minimum absolute atomic E-state index is 0.00305. The van der Waals surface area contributed by atoms with E-state index >= 15 is 0 Å². The quantitative estimate of drug-likeness (QED) is 0.617. The van der Waals surface area contributed by atoms with E-state index in [1.165, 1.54) is 38.8 Å². The molecule has 2 aliphatic rings. The fourth-order valence-corrected chi connectivity index (χ4v) is 7.26. The molecule has 0 spiro atoms. The van der Waals surface area contributed by atoms with E-state index in [1.807, 2.05) is 24.3 Å². The fraction of sp³-hybridized carbons (Fsp3) is 0.429. The Balaban J connectivity index is 1.48. The zero-order valence-electron chi connectivity index (χ0n) is 18.1. The summed E-state index contributed by atoms with van der Waals surface area (Å²) in [5, 5.41) is 0. The molecular weight excluding hydrogens is 454 g/mol. The average molecular weight is 482 g/mol. The molecule has 1 fully saturated rings. The highest BCUT2D eigenvalue weighted by molar-refractivity contribution is 7.89. The molecule has 2 aliphatic heterocycles. The van der Waals surface area contributed by atoms with Crippen molar-refractivity contribution in [1.29, 1.82) is 0 Å². The van der Waals surface area contributed by atoms with Gasteiger partial charge in [-0.1, -0.05) is 24.3 Å². The number of ether oxygens (including phenoxy) is 2. The molecule has 0 amide bonds. The highest BCUT2D eigenvalue weighted by atomic mass is 32.2. The van der Waals surface area contributed by atoms with E-state index in [1.54, 1.807) is 12.1 Å². The summed E-state index contributed by atoms with van der Waals surface area (Å²) in [4.78, 5) is 0.00305.